The number of hydrogen-bond donors (Lipinski definition) is 0. The van der Waals surface area contributed by atoms with Gasteiger partial charge >= 0.3 is 0 Å². The van der Waals surface area contributed by atoms with E-state index in [9.17, 15) is 0 Å². The maximum atomic E-state index is 6.07. The minimum atomic E-state index is 0.517. The Morgan fingerprint density at radius 3 is 2.65 bits per heavy atom. The van der Waals surface area contributed by atoms with Crippen LogP contribution in [0.5, 0.6) is 0 Å². The van der Waals surface area contributed by atoms with Gasteiger partial charge in [0.25, 0.3) is 0 Å². The first-order valence-electron chi connectivity index (χ1n) is 5.97. The fourth-order valence-corrected chi connectivity index (χ4v) is 2.24. The Morgan fingerprint density at radius 1 is 1.18 bits per heavy atom. The number of rotatable bonds is 4. The molecule has 0 spiro atoms. The number of benzene rings is 1. The predicted molar refractivity (Wildman–Crippen MR) is 67.2 cm³/mol. The molecular weight excluding hydrogens is 234 g/mol. The Kier molecular flexibility index (Phi) is 2.85. The van der Waals surface area contributed by atoms with Crippen LogP contribution < -0.4 is 0 Å². The quantitative estimate of drug-likeness (QED) is 0.832. The van der Waals surface area contributed by atoms with E-state index in [1.54, 1.807) is 0 Å². The summed E-state index contributed by atoms with van der Waals surface area (Å²) in [5.74, 6) is 1.65. The average molecular weight is 248 g/mol. The molecule has 0 saturated heterocycles. The van der Waals surface area contributed by atoms with Gasteiger partial charge in [-0.25, -0.2) is 0 Å². The number of hydrogen-bond acceptors (Lipinski definition) is 2. The molecule has 1 heterocycles. The van der Waals surface area contributed by atoms with Crippen LogP contribution >= 0.6 is 11.6 Å². The van der Waals surface area contributed by atoms with Crippen LogP contribution in [0.25, 0.3) is 0 Å². The molecular formula is C13H14ClN3. The van der Waals surface area contributed by atoms with Crippen LogP contribution in [-0.4, -0.2) is 14.8 Å². The fraction of sp³-hybridized carbons (Fsp3) is 0.385. The Labute approximate surface area is 105 Å². The van der Waals surface area contributed by atoms with E-state index in [-0.39, 0.29) is 0 Å². The second-order valence-electron chi connectivity index (χ2n) is 4.49. The summed E-state index contributed by atoms with van der Waals surface area (Å²) in [7, 11) is 0. The smallest absolute Gasteiger partial charge is 0.225 e. The molecule has 0 unspecified atom stereocenters. The van der Waals surface area contributed by atoms with E-state index in [2.05, 4.69) is 34.5 Å². The fourth-order valence-electron chi connectivity index (χ4n) is 2.03. The molecule has 3 rings (SSSR count). The van der Waals surface area contributed by atoms with Gasteiger partial charge < -0.3 is 4.57 Å². The van der Waals surface area contributed by atoms with Crippen LogP contribution in [0.1, 0.15) is 30.1 Å². The van der Waals surface area contributed by atoms with E-state index >= 15 is 0 Å². The maximum Gasteiger partial charge on any atom is 0.225 e. The molecule has 0 N–H and O–H groups in total. The summed E-state index contributed by atoms with van der Waals surface area (Å²) in [5, 5.41) is 8.66. The van der Waals surface area contributed by atoms with Crippen molar-refractivity contribution in [3.05, 3.63) is 47.0 Å². The topological polar surface area (TPSA) is 30.7 Å². The third-order valence-corrected chi connectivity index (χ3v) is 3.42. The van der Waals surface area contributed by atoms with Gasteiger partial charge in [0.2, 0.25) is 5.28 Å². The van der Waals surface area contributed by atoms with Crippen LogP contribution in [0.4, 0.5) is 0 Å². The van der Waals surface area contributed by atoms with E-state index in [1.807, 2.05) is 10.6 Å². The lowest BCUT2D eigenvalue weighted by atomic mass is 10.1. The first kappa shape index (κ1) is 10.8. The molecule has 1 aromatic carbocycles. The predicted octanol–water partition coefficient (Wildman–Crippen LogP) is 3.05. The molecule has 1 saturated carbocycles. The molecule has 0 bridgehead atoms. The number of nitrogens with zero attached hydrogens (tertiary/aromatic N) is 3. The molecule has 1 aliphatic rings. The van der Waals surface area contributed by atoms with Crippen molar-refractivity contribution in [1.29, 1.82) is 0 Å². The molecule has 3 nitrogen and oxygen atoms in total. The van der Waals surface area contributed by atoms with Gasteiger partial charge in [0.05, 0.1) is 0 Å². The van der Waals surface area contributed by atoms with Crippen molar-refractivity contribution in [2.45, 2.75) is 31.7 Å². The third-order valence-electron chi connectivity index (χ3n) is 3.14. The summed E-state index contributed by atoms with van der Waals surface area (Å²) in [6, 6.07) is 10.4. The second-order valence-corrected chi connectivity index (χ2v) is 4.83. The molecule has 0 amide bonds. The Bertz CT molecular complexity index is 503. The molecule has 1 fully saturated rings. The van der Waals surface area contributed by atoms with Gasteiger partial charge in [-0.2, -0.15) is 0 Å². The van der Waals surface area contributed by atoms with Crippen molar-refractivity contribution in [2.24, 2.45) is 0 Å². The number of aromatic nitrogens is 3. The number of aryl methyl sites for hydroxylation is 1. The minimum absolute atomic E-state index is 0.517. The monoisotopic (exact) mass is 247 g/mol. The summed E-state index contributed by atoms with van der Waals surface area (Å²) in [6.45, 7) is 0.863. The summed E-state index contributed by atoms with van der Waals surface area (Å²) in [4.78, 5) is 0. The summed E-state index contributed by atoms with van der Waals surface area (Å²) >= 11 is 6.07. The lowest BCUT2D eigenvalue weighted by Gasteiger charge is -2.06. The zero-order valence-corrected chi connectivity index (χ0v) is 10.3. The van der Waals surface area contributed by atoms with Gasteiger partial charge in [-0.15, -0.1) is 10.2 Å². The molecule has 0 radical (unpaired) electrons. The van der Waals surface area contributed by atoms with Gasteiger partial charge in [-0.1, -0.05) is 30.3 Å². The highest BCUT2D eigenvalue weighted by Crippen LogP contribution is 2.39. The highest BCUT2D eigenvalue weighted by atomic mass is 35.5. The van der Waals surface area contributed by atoms with Gasteiger partial charge in [0, 0.05) is 12.5 Å². The second kappa shape index (κ2) is 4.49. The van der Waals surface area contributed by atoms with Crippen LogP contribution in [0, 0.1) is 0 Å². The van der Waals surface area contributed by atoms with Gasteiger partial charge in [0.1, 0.15) is 5.82 Å². The van der Waals surface area contributed by atoms with Crippen LogP contribution in [0.15, 0.2) is 30.3 Å². The van der Waals surface area contributed by atoms with Crippen LogP contribution in [0.2, 0.25) is 5.28 Å². The highest BCUT2D eigenvalue weighted by Gasteiger charge is 2.29. The van der Waals surface area contributed by atoms with Crippen molar-refractivity contribution < 1.29 is 0 Å². The zero-order valence-electron chi connectivity index (χ0n) is 9.51. The lowest BCUT2D eigenvalue weighted by Crippen LogP contribution is -2.05. The lowest BCUT2D eigenvalue weighted by molar-refractivity contribution is 0.653. The molecule has 0 atom stereocenters. The molecule has 88 valence electrons. The largest absolute Gasteiger partial charge is 0.301 e. The molecule has 2 aromatic rings. The third kappa shape index (κ3) is 2.34. The van der Waals surface area contributed by atoms with Crippen molar-refractivity contribution in [3.63, 3.8) is 0 Å². The van der Waals surface area contributed by atoms with E-state index in [4.69, 9.17) is 11.6 Å². The Balaban J connectivity index is 1.74. The van der Waals surface area contributed by atoms with Crippen molar-refractivity contribution in [3.8, 4) is 0 Å². The standard InChI is InChI=1S/C13H14ClN3/c14-13-16-15-12(11-6-7-11)17(13)9-8-10-4-2-1-3-5-10/h1-5,11H,6-9H2. The summed E-state index contributed by atoms with van der Waals surface area (Å²) < 4.78 is 2.05. The molecule has 1 aromatic heterocycles. The Hall–Kier alpha value is -1.35. The minimum Gasteiger partial charge on any atom is -0.301 e. The normalized spacial score (nSPS) is 15.1. The SMILES string of the molecule is Clc1nnc(C2CC2)n1CCc1ccccc1. The molecule has 0 aliphatic heterocycles. The van der Waals surface area contributed by atoms with Crippen LogP contribution in [0.3, 0.4) is 0 Å². The Morgan fingerprint density at radius 2 is 1.94 bits per heavy atom. The summed E-state index contributed by atoms with van der Waals surface area (Å²) in [6.07, 6.45) is 3.42. The van der Waals surface area contributed by atoms with Crippen molar-refractivity contribution >= 4 is 11.6 Å². The average Bonchev–Trinajstić information content (AvgIpc) is 3.13. The summed E-state index contributed by atoms with van der Waals surface area (Å²) in [5.41, 5.74) is 1.32. The van der Waals surface area contributed by atoms with E-state index in [1.165, 1.54) is 18.4 Å². The van der Waals surface area contributed by atoms with E-state index < -0.39 is 0 Å². The van der Waals surface area contributed by atoms with Gasteiger partial charge in [-0.3, -0.25) is 0 Å². The number of halogens is 1. The van der Waals surface area contributed by atoms with Gasteiger partial charge in [-0.05, 0) is 36.4 Å². The zero-order chi connectivity index (χ0) is 11.7. The van der Waals surface area contributed by atoms with E-state index in [0.717, 1.165) is 18.8 Å². The first-order chi connectivity index (χ1) is 8.34. The first-order valence-corrected chi connectivity index (χ1v) is 6.35. The molecule has 17 heavy (non-hydrogen) atoms. The highest BCUT2D eigenvalue weighted by molar-refractivity contribution is 6.28. The van der Waals surface area contributed by atoms with Crippen molar-refractivity contribution in [1.82, 2.24) is 14.8 Å². The maximum absolute atomic E-state index is 6.07. The van der Waals surface area contributed by atoms with Crippen LogP contribution in [-0.2, 0) is 13.0 Å². The van der Waals surface area contributed by atoms with E-state index in [0.29, 0.717) is 11.2 Å². The van der Waals surface area contributed by atoms with Gasteiger partial charge in [0.15, 0.2) is 0 Å². The molecule has 1 aliphatic carbocycles. The molecule has 4 heteroatoms. The van der Waals surface area contributed by atoms with Crippen molar-refractivity contribution in [2.75, 3.05) is 0 Å².